The van der Waals surface area contributed by atoms with Gasteiger partial charge in [-0.05, 0) is 19.3 Å². The van der Waals surface area contributed by atoms with Crippen LogP contribution >= 0.6 is 0 Å². The number of aliphatic hydroxyl groups excluding tert-OH is 1. The summed E-state index contributed by atoms with van der Waals surface area (Å²) in [7, 11) is 0. The Morgan fingerprint density at radius 2 is 1.58 bits per heavy atom. The van der Waals surface area contributed by atoms with Crippen LogP contribution in [0.5, 0.6) is 0 Å². The van der Waals surface area contributed by atoms with Crippen LogP contribution < -0.4 is 16.0 Å². The van der Waals surface area contributed by atoms with Crippen LogP contribution in [0.15, 0.2) is 0 Å². The summed E-state index contributed by atoms with van der Waals surface area (Å²) < 4.78 is 0. The van der Waals surface area contributed by atoms with E-state index in [1.165, 1.54) is 0 Å². The van der Waals surface area contributed by atoms with E-state index < -0.39 is 0 Å². The molecule has 0 aliphatic rings. The van der Waals surface area contributed by atoms with Crippen LogP contribution in [-0.4, -0.2) is 48.7 Å². The van der Waals surface area contributed by atoms with Crippen molar-refractivity contribution < 1.29 is 14.7 Å². The standard InChI is InChI=1S/C18H37N3O3/c1-14(2)18(24)20-11-9-16(21-15(3)4)13-17(23)19-10-7-5-6-8-12-22/h14-16,21-22H,5-13H2,1-4H3,(H,19,23)(H,20,24). The van der Waals surface area contributed by atoms with E-state index in [1.807, 2.05) is 13.8 Å². The second-order valence-corrected chi connectivity index (χ2v) is 6.94. The summed E-state index contributed by atoms with van der Waals surface area (Å²) in [6.07, 6.45) is 4.96. The molecule has 0 aliphatic heterocycles. The second-order valence-electron chi connectivity index (χ2n) is 6.94. The minimum absolute atomic E-state index is 0.0179. The van der Waals surface area contributed by atoms with Crippen LogP contribution in [0.4, 0.5) is 0 Å². The number of aliphatic hydroxyl groups is 1. The highest BCUT2D eigenvalue weighted by atomic mass is 16.3. The number of hydrogen-bond donors (Lipinski definition) is 4. The predicted octanol–water partition coefficient (Wildman–Crippen LogP) is 1.57. The third-order valence-corrected chi connectivity index (χ3v) is 3.72. The molecule has 6 heteroatoms. The molecule has 0 fully saturated rings. The maximum Gasteiger partial charge on any atom is 0.222 e. The van der Waals surface area contributed by atoms with Crippen LogP contribution in [0, 0.1) is 5.92 Å². The first kappa shape index (κ1) is 22.9. The van der Waals surface area contributed by atoms with Gasteiger partial charge in [-0.2, -0.15) is 0 Å². The fourth-order valence-corrected chi connectivity index (χ4v) is 2.40. The molecule has 0 spiro atoms. The Hall–Kier alpha value is -1.14. The molecular weight excluding hydrogens is 306 g/mol. The molecule has 6 nitrogen and oxygen atoms in total. The van der Waals surface area contributed by atoms with E-state index in [1.54, 1.807) is 0 Å². The Kier molecular flexibility index (Phi) is 13.5. The number of nitrogens with one attached hydrogen (secondary N) is 3. The van der Waals surface area contributed by atoms with Crippen LogP contribution in [0.1, 0.15) is 66.2 Å². The van der Waals surface area contributed by atoms with Gasteiger partial charge in [-0.3, -0.25) is 9.59 Å². The molecule has 24 heavy (non-hydrogen) atoms. The Bertz CT molecular complexity index is 346. The predicted molar refractivity (Wildman–Crippen MR) is 97.7 cm³/mol. The Morgan fingerprint density at radius 1 is 0.917 bits per heavy atom. The van der Waals surface area contributed by atoms with Crippen molar-refractivity contribution in [2.24, 2.45) is 5.92 Å². The lowest BCUT2D eigenvalue weighted by Crippen LogP contribution is -2.42. The molecule has 0 heterocycles. The normalized spacial score (nSPS) is 12.5. The van der Waals surface area contributed by atoms with E-state index in [2.05, 4.69) is 29.8 Å². The number of carbonyl (C=O) groups excluding carboxylic acids is 2. The molecule has 4 N–H and O–H groups in total. The van der Waals surface area contributed by atoms with E-state index in [-0.39, 0.29) is 30.4 Å². The molecule has 0 aromatic heterocycles. The smallest absolute Gasteiger partial charge is 0.222 e. The highest BCUT2D eigenvalue weighted by Gasteiger charge is 2.15. The zero-order valence-corrected chi connectivity index (χ0v) is 15.9. The van der Waals surface area contributed by atoms with Crippen molar-refractivity contribution in [3.63, 3.8) is 0 Å². The van der Waals surface area contributed by atoms with Crippen molar-refractivity contribution in [3.8, 4) is 0 Å². The van der Waals surface area contributed by atoms with E-state index in [4.69, 9.17) is 5.11 Å². The molecule has 0 aromatic carbocycles. The number of unbranched alkanes of at least 4 members (excludes halogenated alkanes) is 3. The average molecular weight is 344 g/mol. The van der Waals surface area contributed by atoms with Gasteiger partial charge >= 0.3 is 0 Å². The van der Waals surface area contributed by atoms with E-state index in [9.17, 15) is 9.59 Å². The maximum atomic E-state index is 12.1. The first-order valence-electron chi connectivity index (χ1n) is 9.28. The second kappa shape index (κ2) is 14.2. The minimum atomic E-state index is -0.0179. The Morgan fingerprint density at radius 3 is 2.17 bits per heavy atom. The van der Waals surface area contributed by atoms with Gasteiger partial charge in [0.25, 0.3) is 0 Å². The fourth-order valence-electron chi connectivity index (χ4n) is 2.40. The van der Waals surface area contributed by atoms with E-state index >= 15 is 0 Å². The molecule has 2 amide bonds. The molecule has 1 unspecified atom stereocenters. The minimum Gasteiger partial charge on any atom is -0.396 e. The van der Waals surface area contributed by atoms with Crippen molar-refractivity contribution >= 4 is 11.8 Å². The lowest BCUT2D eigenvalue weighted by molar-refractivity contribution is -0.124. The lowest BCUT2D eigenvalue weighted by atomic mass is 10.1. The molecule has 0 rings (SSSR count). The van der Waals surface area contributed by atoms with Crippen LogP contribution in [0.25, 0.3) is 0 Å². The van der Waals surface area contributed by atoms with Gasteiger partial charge in [-0.25, -0.2) is 0 Å². The number of hydrogen-bond acceptors (Lipinski definition) is 4. The van der Waals surface area contributed by atoms with Crippen LogP contribution in [-0.2, 0) is 9.59 Å². The van der Waals surface area contributed by atoms with Gasteiger partial charge in [0.1, 0.15) is 0 Å². The van der Waals surface area contributed by atoms with Crippen molar-refractivity contribution in [1.82, 2.24) is 16.0 Å². The first-order valence-corrected chi connectivity index (χ1v) is 9.28. The Labute approximate surface area is 147 Å². The third kappa shape index (κ3) is 13.3. The molecule has 0 aliphatic carbocycles. The summed E-state index contributed by atoms with van der Waals surface area (Å²) in [5.41, 5.74) is 0. The summed E-state index contributed by atoms with van der Waals surface area (Å²) in [5, 5.41) is 18.0. The van der Waals surface area contributed by atoms with Gasteiger partial charge in [0.05, 0.1) is 0 Å². The number of carbonyl (C=O) groups is 2. The van der Waals surface area contributed by atoms with Gasteiger partial charge in [0.15, 0.2) is 0 Å². The highest BCUT2D eigenvalue weighted by Crippen LogP contribution is 2.02. The van der Waals surface area contributed by atoms with Gasteiger partial charge in [0.2, 0.25) is 11.8 Å². The molecule has 0 radical (unpaired) electrons. The summed E-state index contributed by atoms with van der Waals surface area (Å²) in [4.78, 5) is 23.6. The quantitative estimate of drug-likeness (QED) is 0.360. The molecule has 0 saturated heterocycles. The van der Waals surface area contributed by atoms with E-state index in [0.29, 0.717) is 25.6 Å². The average Bonchev–Trinajstić information content (AvgIpc) is 2.49. The van der Waals surface area contributed by atoms with Crippen LogP contribution in [0.3, 0.4) is 0 Å². The van der Waals surface area contributed by atoms with Gasteiger partial charge in [-0.1, -0.05) is 40.5 Å². The SMILES string of the molecule is CC(C)NC(CCNC(=O)C(C)C)CC(=O)NCCCCCCO. The first-order chi connectivity index (χ1) is 11.4. The summed E-state index contributed by atoms with van der Waals surface area (Å²) >= 11 is 0. The largest absolute Gasteiger partial charge is 0.396 e. The van der Waals surface area contributed by atoms with Crippen molar-refractivity contribution in [2.75, 3.05) is 19.7 Å². The van der Waals surface area contributed by atoms with Gasteiger partial charge in [-0.15, -0.1) is 0 Å². The summed E-state index contributed by atoms with van der Waals surface area (Å²) in [5.74, 6) is 0.0757. The van der Waals surface area contributed by atoms with Crippen LogP contribution in [0.2, 0.25) is 0 Å². The van der Waals surface area contributed by atoms with Gasteiger partial charge in [0, 0.05) is 44.1 Å². The monoisotopic (exact) mass is 343 g/mol. The molecule has 0 aromatic rings. The number of amides is 2. The highest BCUT2D eigenvalue weighted by molar-refractivity contribution is 5.78. The molecular formula is C18H37N3O3. The fraction of sp³-hybridized carbons (Fsp3) is 0.889. The van der Waals surface area contributed by atoms with Crippen molar-refractivity contribution in [3.05, 3.63) is 0 Å². The summed E-state index contributed by atoms with van der Waals surface area (Å²) in [6.45, 7) is 9.35. The third-order valence-electron chi connectivity index (χ3n) is 3.72. The molecule has 0 saturated carbocycles. The maximum absolute atomic E-state index is 12.1. The zero-order valence-electron chi connectivity index (χ0n) is 15.9. The molecule has 1 atom stereocenters. The van der Waals surface area contributed by atoms with Crippen molar-refractivity contribution in [1.29, 1.82) is 0 Å². The molecule has 0 bridgehead atoms. The number of rotatable bonds is 14. The molecule has 142 valence electrons. The zero-order chi connectivity index (χ0) is 18.4. The summed E-state index contributed by atoms with van der Waals surface area (Å²) in [6, 6.07) is 0.355. The van der Waals surface area contributed by atoms with Crippen molar-refractivity contribution in [2.45, 2.75) is 78.3 Å². The van der Waals surface area contributed by atoms with Gasteiger partial charge < -0.3 is 21.1 Å². The lowest BCUT2D eigenvalue weighted by Gasteiger charge is -2.21. The van der Waals surface area contributed by atoms with E-state index in [0.717, 1.165) is 32.1 Å². The Balaban J connectivity index is 4.03. The topological polar surface area (TPSA) is 90.5 Å².